The topological polar surface area (TPSA) is 38.3 Å². The summed E-state index contributed by atoms with van der Waals surface area (Å²) in [6.07, 6.45) is -4.48. The fourth-order valence-electron chi connectivity index (χ4n) is 1.93. The minimum atomic E-state index is -4.48. The summed E-state index contributed by atoms with van der Waals surface area (Å²) < 4.78 is 41.8. The highest BCUT2D eigenvalue weighted by Crippen LogP contribution is 2.28. The summed E-state index contributed by atoms with van der Waals surface area (Å²) in [5.74, 6) is -0.426. The van der Waals surface area contributed by atoms with Gasteiger partial charge in [0.25, 0.3) is 5.91 Å². The molecule has 0 heterocycles. The maximum absolute atomic E-state index is 12.3. The first kappa shape index (κ1) is 16.4. The molecule has 0 bridgehead atoms. The van der Waals surface area contributed by atoms with Crippen molar-refractivity contribution in [2.45, 2.75) is 6.18 Å². The zero-order valence-corrected chi connectivity index (χ0v) is 12.2. The summed E-state index contributed by atoms with van der Waals surface area (Å²) in [5.41, 5.74) is 0.0491. The fraction of sp³-hybridized carbons (Fsp3) is 0.267. The molecule has 1 N–H and O–H groups in total. The van der Waals surface area contributed by atoms with Crippen LogP contribution >= 0.6 is 11.6 Å². The number of benzene rings is 2. The molecule has 0 aliphatic carbocycles. The first-order valence-electron chi connectivity index (χ1n) is 6.47. The van der Waals surface area contributed by atoms with Gasteiger partial charge in [-0.25, -0.2) is 0 Å². The molecule has 118 valence electrons. The largest absolute Gasteiger partial charge is 0.483 e. The van der Waals surface area contributed by atoms with Crippen molar-refractivity contribution in [1.29, 1.82) is 0 Å². The van der Waals surface area contributed by atoms with E-state index < -0.39 is 18.7 Å². The van der Waals surface area contributed by atoms with E-state index in [1.54, 1.807) is 24.3 Å². The number of ether oxygens (including phenoxy) is 1. The number of alkyl halides is 4. The van der Waals surface area contributed by atoms with Crippen molar-refractivity contribution in [2.24, 2.45) is 0 Å². The fourth-order valence-corrected chi connectivity index (χ4v) is 2.03. The Kier molecular flexibility index (Phi) is 5.13. The van der Waals surface area contributed by atoms with Crippen molar-refractivity contribution in [3.63, 3.8) is 0 Å². The molecule has 0 aromatic heterocycles. The monoisotopic (exact) mass is 331 g/mol. The summed E-state index contributed by atoms with van der Waals surface area (Å²) in [5, 5.41) is 3.94. The smallest absolute Gasteiger partial charge is 0.422 e. The van der Waals surface area contributed by atoms with E-state index in [0.717, 1.165) is 5.39 Å². The van der Waals surface area contributed by atoms with E-state index in [0.29, 0.717) is 5.39 Å². The van der Waals surface area contributed by atoms with Crippen LogP contribution in [0.4, 0.5) is 13.2 Å². The molecule has 0 aliphatic heterocycles. The van der Waals surface area contributed by atoms with Crippen molar-refractivity contribution in [1.82, 2.24) is 5.32 Å². The summed E-state index contributed by atoms with van der Waals surface area (Å²) in [6.45, 7) is -1.24. The predicted molar refractivity (Wildman–Crippen MR) is 78.6 cm³/mol. The zero-order valence-electron chi connectivity index (χ0n) is 11.4. The average Bonchev–Trinajstić information content (AvgIpc) is 2.48. The number of amides is 1. The van der Waals surface area contributed by atoms with Crippen LogP contribution in [0.25, 0.3) is 10.8 Å². The molecule has 0 radical (unpaired) electrons. The van der Waals surface area contributed by atoms with Crippen LogP contribution in [-0.4, -0.2) is 31.1 Å². The Hall–Kier alpha value is -1.95. The molecule has 2 aromatic carbocycles. The van der Waals surface area contributed by atoms with E-state index in [9.17, 15) is 18.0 Å². The minimum Gasteiger partial charge on any atom is -0.483 e. The second-order valence-corrected chi connectivity index (χ2v) is 4.92. The lowest BCUT2D eigenvalue weighted by Crippen LogP contribution is -2.27. The number of halogens is 4. The van der Waals surface area contributed by atoms with Crippen LogP contribution in [0.1, 0.15) is 10.4 Å². The quantitative estimate of drug-likeness (QED) is 0.847. The third-order valence-electron chi connectivity index (χ3n) is 2.86. The van der Waals surface area contributed by atoms with Gasteiger partial charge in [0, 0.05) is 12.4 Å². The Morgan fingerprint density at radius 3 is 2.41 bits per heavy atom. The van der Waals surface area contributed by atoms with E-state index >= 15 is 0 Å². The van der Waals surface area contributed by atoms with Gasteiger partial charge in [-0.2, -0.15) is 13.2 Å². The first-order valence-corrected chi connectivity index (χ1v) is 7.00. The van der Waals surface area contributed by atoms with Crippen LogP contribution in [0.5, 0.6) is 5.75 Å². The van der Waals surface area contributed by atoms with E-state index in [2.05, 4.69) is 5.32 Å². The highest BCUT2D eigenvalue weighted by Gasteiger charge is 2.29. The third-order valence-corrected chi connectivity index (χ3v) is 3.05. The molecular weight excluding hydrogens is 319 g/mol. The number of nitrogens with one attached hydrogen (secondary N) is 1. The molecule has 0 aliphatic rings. The Labute approximate surface area is 130 Å². The number of hydrogen-bond donors (Lipinski definition) is 1. The van der Waals surface area contributed by atoms with Crippen molar-refractivity contribution in [3.8, 4) is 5.75 Å². The summed E-state index contributed by atoms with van der Waals surface area (Å²) in [6, 6.07) is 9.96. The molecule has 0 saturated carbocycles. The molecule has 3 nitrogen and oxygen atoms in total. The second-order valence-electron chi connectivity index (χ2n) is 4.54. The van der Waals surface area contributed by atoms with E-state index in [1.165, 1.54) is 12.1 Å². The van der Waals surface area contributed by atoms with Gasteiger partial charge in [-0.3, -0.25) is 4.79 Å². The van der Waals surface area contributed by atoms with Gasteiger partial charge in [-0.15, -0.1) is 11.6 Å². The molecule has 2 rings (SSSR count). The third kappa shape index (κ3) is 4.27. The van der Waals surface area contributed by atoms with Gasteiger partial charge in [0.2, 0.25) is 0 Å². The van der Waals surface area contributed by atoms with E-state index in [4.69, 9.17) is 16.3 Å². The Balaban J connectivity index is 2.38. The molecule has 2 aromatic rings. The highest BCUT2D eigenvalue weighted by molar-refractivity contribution is 6.18. The zero-order chi connectivity index (χ0) is 16.2. The number of carbonyl (C=O) groups is 1. The van der Waals surface area contributed by atoms with Crippen LogP contribution in [0.2, 0.25) is 0 Å². The Bertz CT molecular complexity index is 673. The Morgan fingerprint density at radius 1 is 1.18 bits per heavy atom. The first-order chi connectivity index (χ1) is 10.4. The van der Waals surface area contributed by atoms with Crippen LogP contribution in [0, 0.1) is 0 Å². The van der Waals surface area contributed by atoms with Crippen molar-refractivity contribution >= 4 is 28.3 Å². The van der Waals surface area contributed by atoms with Crippen LogP contribution in [-0.2, 0) is 0 Å². The molecule has 0 fully saturated rings. The molecular formula is C15H13ClF3NO2. The maximum atomic E-state index is 12.3. The van der Waals surface area contributed by atoms with Crippen molar-refractivity contribution < 1.29 is 22.7 Å². The van der Waals surface area contributed by atoms with Crippen molar-refractivity contribution in [3.05, 3.63) is 42.0 Å². The maximum Gasteiger partial charge on any atom is 0.422 e. The number of carbonyl (C=O) groups excluding carboxylic acids is 1. The molecule has 0 unspecified atom stereocenters. The normalized spacial score (nSPS) is 11.5. The van der Waals surface area contributed by atoms with Gasteiger partial charge in [0.15, 0.2) is 6.61 Å². The van der Waals surface area contributed by atoms with Gasteiger partial charge < -0.3 is 10.1 Å². The van der Waals surface area contributed by atoms with Gasteiger partial charge >= 0.3 is 6.18 Å². The van der Waals surface area contributed by atoms with E-state index in [-0.39, 0.29) is 23.7 Å². The van der Waals surface area contributed by atoms with Crippen molar-refractivity contribution in [2.75, 3.05) is 19.0 Å². The highest BCUT2D eigenvalue weighted by atomic mass is 35.5. The van der Waals surface area contributed by atoms with Gasteiger partial charge in [-0.05, 0) is 22.9 Å². The van der Waals surface area contributed by atoms with Crippen LogP contribution < -0.4 is 10.1 Å². The number of fused-ring (bicyclic) bond motifs is 1. The lowest BCUT2D eigenvalue weighted by atomic mass is 10.1. The standard InChI is InChI=1S/C15H13ClF3NO2/c16-5-6-20-14(21)12-7-10-3-1-2-4-11(10)8-13(12)22-9-15(17,18)19/h1-4,7-8H,5-6,9H2,(H,20,21). The SMILES string of the molecule is O=C(NCCCl)c1cc2ccccc2cc1OCC(F)(F)F. The van der Waals surface area contributed by atoms with E-state index in [1.807, 2.05) is 0 Å². The summed E-state index contributed by atoms with van der Waals surface area (Å²) in [4.78, 5) is 12.1. The minimum absolute atomic E-state index is 0.0491. The number of hydrogen-bond acceptors (Lipinski definition) is 2. The average molecular weight is 332 g/mol. The molecule has 0 atom stereocenters. The van der Waals surface area contributed by atoms with Crippen LogP contribution in [0.3, 0.4) is 0 Å². The van der Waals surface area contributed by atoms with Crippen LogP contribution in [0.15, 0.2) is 36.4 Å². The van der Waals surface area contributed by atoms with Gasteiger partial charge in [0.1, 0.15) is 5.75 Å². The molecule has 0 spiro atoms. The lowest BCUT2D eigenvalue weighted by Gasteiger charge is -2.14. The second kappa shape index (κ2) is 6.87. The predicted octanol–water partition coefficient (Wildman–Crippen LogP) is 3.75. The van der Waals surface area contributed by atoms with Gasteiger partial charge in [-0.1, -0.05) is 24.3 Å². The lowest BCUT2D eigenvalue weighted by molar-refractivity contribution is -0.153. The summed E-state index contributed by atoms with van der Waals surface area (Å²) >= 11 is 5.49. The Morgan fingerprint density at radius 2 is 1.82 bits per heavy atom. The number of rotatable bonds is 5. The summed E-state index contributed by atoms with van der Waals surface area (Å²) in [7, 11) is 0. The molecule has 7 heteroatoms. The molecule has 0 saturated heterocycles. The van der Waals surface area contributed by atoms with Gasteiger partial charge in [0.05, 0.1) is 5.56 Å². The molecule has 22 heavy (non-hydrogen) atoms. The molecule has 1 amide bonds.